The lowest BCUT2D eigenvalue weighted by molar-refractivity contribution is 0.102. The highest BCUT2D eigenvalue weighted by molar-refractivity contribution is 6.06. The molecule has 1 N–H and O–H groups in total. The molecule has 1 amide bonds. The average Bonchev–Trinajstić information content (AvgIpc) is 2.81. The lowest BCUT2D eigenvalue weighted by Gasteiger charge is -2.14. The van der Waals surface area contributed by atoms with E-state index in [9.17, 15) is 4.79 Å². The summed E-state index contributed by atoms with van der Waals surface area (Å²) in [6, 6.07) is 12.0. The Bertz CT molecular complexity index is 706. The Hall–Kier alpha value is -2.29. The summed E-state index contributed by atoms with van der Waals surface area (Å²) in [4.78, 5) is 14.7. The molecule has 0 saturated carbocycles. The van der Waals surface area contributed by atoms with Gasteiger partial charge in [0, 0.05) is 36.1 Å². The summed E-state index contributed by atoms with van der Waals surface area (Å²) in [5.74, 6) is -0.0320. The summed E-state index contributed by atoms with van der Waals surface area (Å²) >= 11 is 0. The highest BCUT2D eigenvalue weighted by Crippen LogP contribution is 2.32. The largest absolute Gasteiger partial charge is 0.374 e. The number of carbonyl (C=O) groups is 1. The zero-order valence-electron chi connectivity index (χ0n) is 12.7. The second-order valence-electron chi connectivity index (χ2n) is 5.75. The molecule has 3 heteroatoms. The molecule has 21 heavy (non-hydrogen) atoms. The number of benzene rings is 2. The SMILES string of the molecule is Cc1ccc(C(=O)Nc2cccc3c2CCN3C)c(C)c1. The molecular weight excluding hydrogens is 260 g/mol. The first kappa shape index (κ1) is 13.7. The minimum absolute atomic E-state index is 0.0320. The first-order valence-electron chi connectivity index (χ1n) is 7.28. The molecule has 0 radical (unpaired) electrons. The van der Waals surface area contributed by atoms with E-state index in [0.29, 0.717) is 0 Å². The van der Waals surface area contributed by atoms with Crippen molar-refractivity contribution in [2.75, 3.05) is 23.8 Å². The third-order valence-electron chi connectivity index (χ3n) is 4.13. The van der Waals surface area contributed by atoms with Gasteiger partial charge in [-0.1, -0.05) is 23.8 Å². The molecule has 2 aromatic rings. The first-order chi connectivity index (χ1) is 10.1. The minimum Gasteiger partial charge on any atom is -0.374 e. The van der Waals surface area contributed by atoms with Gasteiger partial charge < -0.3 is 10.2 Å². The van der Waals surface area contributed by atoms with Crippen LogP contribution in [0.2, 0.25) is 0 Å². The number of nitrogens with zero attached hydrogens (tertiary/aromatic N) is 1. The van der Waals surface area contributed by atoms with Crippen molar-refractivity contribution in [3.8, 4) is 0 Å². The quantitative estimate of drug-likeness (QED) is 0.912. The van der Waals surface area contributed by atoms with Crippen molar-refractivity contribution >= 4 is 17.3 Å². The van der Waals surface area contributed by atoms with Crippen molar-refractivity contribution in [3.63, 3.8) is 0 Å². The van der Waals surface area contributed by atoms with E-state index in [1.54, 1.807) is 0 Å². The third-order valence-corrected chi connectivity index (χ3v) is 4.13. The normalized spacial score (nSPS) is 13.2. The van der Waals surface area contributed by atoms with E-state index in [-0.39, 0.29) is 5.91 Å². The molecular formula is C18H20N2O. The number of amides is 1. The average molecular weight is 280 g/mol. The maximum atomic E-state index is 12.5. The van der Waals surface area contributed by atoms with Crippen LogP contribution in [0.25, 0.3) is 0 Å². The topological polar surface area (TPSA) is 32.3 Å². The Morgan fingerprint density at radius 2 is 2.00 bits per heavy atom. The molecule has 0 aromatic heterocycles. The Labute approximate surface area is 125 Å². The van der Waals surface area contributed by atoms with Crippen LogP contribution in [0, 0.1) is 13.8 Å². The molecule has 0 aliphatic carbocycles. The van der Waals surface area contributed by atoms with Gasteiger partial charge in [-0.3, -0.25) is 4.79 Å². The molecule has 0 atom stereocenters. The first-order valence-corrected chi connectivity index (χ1v) is 7.28. The molecule has 3 nitrogen and oxygen atoms in total. The maximum absolute atomic E-state index is 12.5. The number of nitrogens with one attached hydrogen (secondary N) is 1. The standard InChI is InChI=1S/C18H20N2O/c1-12-7-8-14(13(2)11-12)18(21)19-16-5-4-6-17-15(16)9-10-20(17)3/h4-8,11H,9-10H2,1-3H3,(H,19,21). The molecule has 1 heterocycles. The lowest BCUT2D eigenvalue weighted by atomic mass is 10.0. The van der Waals surface area contributed by atoms with Crippen LogP contribution in [0.1, 0.15) is 27.0 Å². The van der Waals surface area contributed by atoms with Gasteiger partial charge in [-0.15, -0.1) is 0 Å². The smallest absolute Gasteiger partial charge is 0.255 e. The molecule has 108 valence electrons. The van der Waals surface area contributed by atoms with Crippen LogP contribution in [0.5, 0.6) is 0 Å². The molecule has 0 fully saturated rings. The molecule has 1 aliphatic heterocycles. The number of hydrogen-bond acceptors (Lipinski definition) is 2. The molecule has 0 spiro atoms. The van der Waals surface area contributed by atoms with Crippen LogP contribution in [0.4, 0.5) is 11.4 Å². The lowest BCUT2D eigenvalue weighted by Crippen LogP contribution is -2.14. The summed E-state index contributed by atoms with van der Waals surface area (Å²) in [6.07, 6.45) is 0.981. The van der Waals surface area contributed by atoms with Crippen molar-refractivity contribution in [3.05, 3.63) is 58.7 Å². The summed E-state index contributed by atoms with van der Waals surface area (Å²) in [6.45, 7) is 5.02. The maximum Gasteiger partial charge on any atom is 0.255 e. The summed E-state index contributed by atoms with van der Waals surface area (Å²) < 4.78 is 0. The second-order valence-corrected chi connectivity index (χ2v) is 5.75. The highest BCUT2D eigenvalue weighted by Gasteiger charge is 2.20. The zero-order chi connectivity index (χ0) is 15.0. The Morgan fingerprint density at radius 3 is 2.76 bits per heavy atom. The van der Waals surface area contributed by atoms with Crippen molar-refractivity contribution in [2.24, 2.45) is 0 Å². The van der Waals surface area contributed by atoms with Gasteiger partial charge in [0.15, 0.2) is 0 Å². The molecule has 0 unspecified atom stereocenters. The Kier molecular flexibility index (Phi) is 3.42. The number of rotatable bonds is 2. The fraction of sp³-hybridized carbons (Fsp3) is 0.278. The van der Waals surface area contributed by atoms with E-state index in [0.717, 1.165) is 29.8 Å². The number of hydrogen-bond donors (Lipinski definition) is 1. The zero-order valence-corrected chi connectivity index (χ0v) is 12.7. The Balaban J connectivity index is 1.89. The fourth-order valence-electron chi connectivity index (χ4n) is 2.97. The van der Waals surface area contributed by atoms with Gasteiger partial charge in [-0.25, -0.2) is 0 Å². The molecule has 0 bridgehead atoms. The van der Waals surface area contributed by atoms with Crippen LogP contribution in [0.3, 0.4) is 0 Å². The van der Waals surface area contributed by atoms with E-state index in [1.807, 2.05) is 44.2 Å². The molecule has 1 aliphatic rings. The van der Waals surface area contributed by atoms with E-state index in [4.69, 9.17) is 0 Å². The van der Waals surface area contributed by atoms with Gasteiger partial charge in [-0.2, -0.15) is 0 Å². The van der Waals surface area contributed by atoms with Gasteiger partial charge >= 0.3 is 0 Å². The van der Waals surface area contributed by atoms with Crippen molar-refractivity contribution < 1.29 is 4.79 Å². The van der Waals surface area contributed by atoms with Crippen molar-refractivity contribution in [1.29, 1.82) is 0 Å². The predicted octanol–water partition coefficient (Wildman–Crippen LogP) is 3.55. The fourth-order valence-corrected chi connectivity index (χ4v) is 2.97. The van der Waals surface area contributed by atoms with Crippen LogP contribution in [0.15, 0.2) is 36.4 Å². The van der Waals surface area contributed by atoms with Crippen LogP contribution in [-0.4, -0.2) is 19.5 Å². The van der Waals surface area contributed by atoms with Gasteiger partial charge in [0.05, 0.1) is 0 Å². The number of aryl methyl sites for hydroxylation is 2. The van der Waals surface area contributed by atoms with E-state index >= 15 is 0 Å². The van der Waals surface area contributed by atoms with Gasteiger partial charge in [-0.05, 0) is 44.0 Å². The number of likely N-dealkylation sites (N-methyl/N-ethyl adjacent to an activating group) is 1. The molecule has 3 rings (SSSR count). The van der Waals surface area contributed by atoms with E-state index in [1.165, 1.54) is 16.8 Å². The molecule has 2 aromatic carbocycles. The summed E-state index contributed by atoms with van der Waals surface area (Å²) in [5.41, 5.74) is 6.31. The van der Waals surface area contributed by atoms with Crippen LogP contribution >= 0.6 is 0 Å². The second kappa shape index (κ2) is 5.24. The number of anilines is 2. The third kappa shape index (κ3) is 2.51. The van der Waals surface area contributed by atoms with Crippen molar-refractivity contribution in [2.45, 2.75) is 20.3 Å². The van der Waals surface area contributed by atoms with Crippen LogP contribution < -0.4 is 10.2 Å². The number of carbonyl (C=O) groups excluding carboxylic acids is 1. The van der Waals surface area contributed by atoms with Crippen LogP contribution in [-0.2, 0) is 6.42 Å². The number of fused-ring (bicyclic) bond motifs is 1. The van der Waals surface area contributed by atoms with E-state index < -0.39 is 0 Å². The monoisotopic (exact) mass is 280 g/mol. The summed E-state index contributed by atoms with van der Waals surface area (Å²) in [7, 11) is 2.08. The van der Waals surface area contributed by atoms with Gasteiger partial charge in [0.2, 0.25) is 0 Å². The van der Waals surface area contributed by atoms with Gasteiger partial charge in [0.1, 0.15) is 0 Å². The van der Waals surface area contributed by atoms with Gasteiger partial charge in [0.25, 0.3) is 5.91 Å². The minimum atomic E-state index is -0.0320. The van der Waals surface area contributed by atoms with E-state index in [2.05, 4.69) is 23.3 Å². The highest BCUT2D eigenvalue weighted by atomic mass is 16.1. The molecule has 0 saturated heterocycles. The van der Waals surface area contributed by atoms with Crippen molar-refractivity contribution in [1.82, 2.24) is 0 Å². The summed E-state index contributed by atoms with van der Waals surface area (Å²) in [5, 5.41) is 3.07. The Morgan fingerprint density at radius 1 is 1.19 bits per heavy atom. The predicted molar refractivity (Wildman–Crippen MR) is 87.3 cm³/mol.